The predicted molar refractivity (Wildman–Crippen MR) is 139 cm³/mol. The van der Waals surface area contributed by atoms with E-state index < -0.39 is 130 Å². The SMILES string of the molecule is O=C(O)CNCC(CC(=O)O)(CC(=O)O)NCC(=O)O.OC[C@H]1O[C@@H](O[C@H]2[C@H](O)[C@@H](O)[C@@H](O)O[C@@H]2CO)[C@H](O)[C@@H](O)[C@H]1O.[NaH]. The number of carbonyl (C=O) groups is 4. The summed E-state index contributed by atoms with van der Waals surface area (Å²) in [6.45, 7) is -2.81. The van der Waals surface area contributed by atoms with Crippen molar-refractivity contribution in [3.63, 3.8) is 0 Å². The normalized spacial score (nSPS) is 32.0. The molecular formula is C22H39N2NaO19. The quantitative estimate of drug-likeness (QED) is 0.0726. The van der Waals surface area contributed by atoms with E-state index >= 15 is 0 Å². The Bertz CT molecular complexity index is 910. The molecule has 2 aliphatic rings. The van der Waals surface area contributed by atoms with Gasteiger partial charge in [0.2, 0.25) is 0 Å². The molecule has 2 rings (SSSR count). The van der Waals surface area contributed by atoms with Crippen LogP contribution in [0.4, 0.5) is 0 Å². The van der Waals surface area contributed by atoms with Crippen LogP contribution < -0.4 is 10.6 Å². The van der Waals surface area contributed by atoms with Gasteiger partial charge >= 0.3 is 53.4 Å². The van der Waals surface area contributed by atoms with Gasteiger partial charge in [0, 0.05) is 6.54 Å². The molecule has 0 bridgehead atoms. The summed E-state index contributed by atoms with van der Waals surface area (Å²) in [4.78, 5) is 42.5. The second-order valence-corrected chi connectivity index (χ2v) is 9.69. The van der Waals surface area contributed by atoms with Crippen molar-refractivity contribution >= 4 is 53.4 Å². The first kappa shape index (κ1) is 42.4. The minimum atomic E-state index is -1.74. The molecule has 252 valence electrons. The van der Waals surface area contributed by atoms with E-state index in [1.54, 1.807) is 0 Å². The molecule has 0 aliphatic carbocycles. The molecule has 14 N–H and O–H groups in total. The molecule has 0 amide bonds. The summed E-state index contributed by atoms with van der Waals surface area (Å²) in [7, 11) is 0. The van der Waals surface area contributed by atoms with Crippen LogP contribution in [0.2, 0.25) is 0 Å². The van der Waals surface area contributed by atoms with E-state index in [4.69, 9.17) is 39.7 Å². The first-order chi connectivity index (χ1) is 20.0. The van der Waals surface area contributed by atoms with Crippen LogP contribution in [0.15, 0.2) is 0 Å². The number of aliphatic hydroxyl groups is 8. The van der Waals surface area contributed by atoms with Crippen molar-refractivity contribution in [3.05, 3.63) is 0 Å². The first-order valence-corrected chi connectivity index (χ1v) is 12.6. The molecule has 2 saturated heterocycles. The maximum atomic E-state index is 10.8. The van der Waals surface area contributed by atoms with Crippen molar-refractivity contribution in [1.29, 1.82) is 0 Å². The van der Waals surface area contributed by atoms with Crippen molar-refractivity contribution < 1.29 is 94.7 Å². The summed E-state index contributed by atoms with van der Waals surface area (Å²) < 4.78 is 15.3. The molecule has 0 radical (unpaired) electrons. The van der Waals surface area contributed by atoms with Crippen LogP contribution in [0.3, 0.4) is 0 Å². The summed E-state index contributed by atoms with van der Waals surface area (Å²) in [6.07, 6.45) is -16.9. The van der Waals surface area contributed by atoms with E-state index in [9.17, 15) is 54.9 Å². The number of hydrogen-bond acceptors (Lipinski definition) is 17. The molecule has 0 saturated carbocycles. The number of rotatable bonds is 15. The van der Waals surface area contributed by atoms with Crippen molar-refractivity contribution in [2.24, 2.45) is 0 Å². The molecule has 44 heavy (non-hydrogen) atoms. The second-order valence-electron chi connectivity index (χ2n) is 9.69. The fraction of sp³-hybridized carbons (Fsp3) is 0.818. The summed E-state index contributed by atoms with van der Waals surface area (Å²) in [5.41, 5.74) is -1.59. The number of carboxylic acid groups (broad SMARTS) is 4. The van der Waals surface area contributed by atoms with Crippen molar-refractivity contribution in [3.8, 4) is 0 Å². The van der Waals surface area contributed by atoms with Crippen LogP contribution in [-0.4, -0.2) is 215 Å². The van der Waals surface area contributed by atoms with Gasteiger partial charge in [-0.3, -0.25) is 24.5 Å². The van der Waals surface area contributed by atoms with Gasteiger partial charge in [-0.25, -0.2) is 0 Å². The molecule has 0 spiro atoms. The van der Waals surface area contributed by atoms with E-state index in [1.165, 1.54) is 0 Å². The topological polar surface area (TPSA) is 363 Å². The van der Waals surface area contributed by atoms with Crippen LogP contribution in [-0.2, 0) is 33.4 Å². The van der Waals surface area contributed by atoms with Crippen molar-refractivity contribution in [2.45, 2.75) is 79.8 Å². The Balaban J connectivity index is 0.000000832. The Hall–Kier alpha value is -1.64. The Kier molecular flexibility index (Phi) is 19.0. The molecule has 2 heterocycles. The minimum absolute atomic E-state index is 0. The van der Waals surface area contributed by atoms with Crippen LogP contribution >= 0.6 is 0 Å². The zero-order chi connectivity index (χ0) is 33.1. The molecular weight excluding hydrogens is 619 g/mol. The Labute approximate surface area is 270 Å². The van der Waals surface area contributed by atoms with Gasteiger partial charge in [-0.15, -0.1) is 0 Å². The van der Waals surface area contributed by atoms with Crippen LogP contribution in [0.1, 0.15) is 12.8 Å². The third kappa shape index (κ3) is 13.0. The van der Waals surface area contributed by atoms with E-state index in [-0.39, 0.29) is 36.1 Å². The standard InChI is InChI=1S/C12H22O11.C10H16N2O8.Na.H/c13-1-3-5(15)6(16)9(19)12(22-3)23-10-4(2-14)21-11(20)8(18)7(10)17;13-6(14)1-10(2-7(15)16,12-4-9(19)20)5-11-3-8(17)18;;/h3-20H,1-2H2;11-12H,1-5H2,(H,13,14)(H,15,16)(H,17,18)(H,19,20);;/t3-,4-,5+,6+,7-,8-,9-,10-,11+,12+;;;/m1.../s1. The van der Waals surface area contributed by atoms with Gasteiger partial charge in [0.15, 0.2) is 12.6 Å². The average molecular weight is 659 g/mol. The predicted octanol–water partition coefficient (Wildman–Crippen LogP) is -8.02. The number of aliphatic hydroxyl groups excluding tert-OH is 8. The van der Waals surface area contributed by atoms with E-state index in [0.29, 0.717) is 0 Å². The van der Waals surface area contributed by atoms with Gasteiger partial charge in [-0.2, -0.15) is 0 Å². The molecule has 0 aromatic rings. The van der Waals surface area contributed by atoms with Crippen molar-refractivity contribution in [2.75, 3.05) is 32.8 Å². The second kappa shape index (κ2) is 19.8. The monoisotopic (exact) mass is 658 g/mol. The number of ether oxygens (including phenoxy) is 3. The van der Waals surface area contributed by atoms with Gasteiger partial charge in [0.05, 0.1) is 44.7 Å². The van der Waals surface area contributed by atoms with Gasteiger partial charge in [0.25, 0.3) is 0 Å². The van der Waals surface area contributed by atoms with E-state index in [0.717, 1.165) is 0 Å². The summed E-state index contributed by atoms with van der Waals surface area (Å²) in [6, 6.07) is 0. The Morgan fingerprint density at radius 2 is 1.18 bits per heavy atom. The molecule has 2 aliphatic heterocycles. The number of nitrogens with one attached hydrogen (secondary N) is 2. The first-order valence-electron chi connectivity index (χ1n) is 12.6. The van der Waals surface area contributed by atoms with E-state index in [1.807, 2.05) is 0 Å². The van der Waals surface area contributed by atoms with Crippen LogP contribution in [0.25, 0.3) is 0 Å². The zero-order valence-electron chi connectivity index (χ0n) is 22.4. The number of aliphatic carboxylic acids is 4. The average Bonchev–Trinajstić information content (AvgIpc) is 2.91. The summed E-state index contributed by atoms with van der Waals surface area (Å²) >= 11 is 0. The summed E-state index contributed by atoms with van der Waals surface area (Å²) in [5, 5.41) is 116. The fourth-order valence-corrected chi connectivity index (χ4v) is 4.20. The zero-order valence-corrected chi connectivity index (χ0v) is 22.4. The number of carboxylic acids is 4. The molecule has 0 aromatic carbocycles. The van der Waals surface area contributed by atoms with Gasteiger partial charge in [-0.1, -0.05) is 0 Å². The van der Waals surface area contributed by atoms with Gasteiger partial charge in [0.1, 0.15) is 48.8 Å². The molecule has 2 fully saturated rings. The van der Waals surface area contributed by atoms with Gasteiger partial charge in [-0.05, 0) is 0 Å². The third-order valence-electron chi connectivity index (χ3n) is 6.31. The van der Waals surface area contributed by atoms with Crippen LogP contribution in [0, 0.1) is 0 Å². The molecule has 0 aromatic heterocycles. The molecule has 0 unspecified atom stereocenters. The molecule has 22 heteroatoms. The molecule has 10 atom stereocenters. The summed E-state index contributed by atoms with van der Waals surface area (Å²) in [5.74, 6) is -5.16. The van der Waals surface area contributed by atoms with Crippen molar-refractivity contribution in [1.82, 2.24) is 10.6 Å². The molecule has 21 nitrogen and oxygen atoms in total. The third-order valence-corrected chi connectivity index (χ3v) is 6.31. The number of hydrogen-bond donors (Lipinski definition) is 14. The maximum absolute atomic E-state index is 10.8. The Morgan fingerprint density at radius 3 is 1.64 bits per heavy atom. The van der Waals surface area contributed by atoms with E-state index in [2.05, 4.69) is 10.6 Å². The Morgan fingerprint density at radius 1 is 0.659 bits per heavy atom. The van der Waals surface area contributed by atoms with Gasteiger partial charge < -0.3 is 80.8 Å². The van der Waals surface area contributed by atoms with Crippen LogP contribution in [0.5, 0.6) is 0 Å². The fourth-order valence-electron chi connectivity index (χ4n) is 4.20.